The Kier molecular flexibility index (Phi) is 6.53. The smallest absolute Gasteiger partial charge is 0.222 e. The van der Waals surface area contributed by atoms with Gasteiger partial charge in [-0.05, 0) is 70.4 Å². The van der Waals surface area contributed by atoms with Crippen molar-refractivity contribution in [2.75, 3.05) is 26.2 Å². The van der Waals surface area contributed by atoms with Crippen molar-refractivity contribution < 1.29 is 4.79 Å². The van der Waals surface area contributed by atoms with Crippen molar-refractivity contribution in [1.82, 2.24) is 9.80 Å². The lowest BCUT2D eigenvalue weighted by molar-refractivity contribution is -0.132. The summed E-state index contributed by atoms with van der Waals surface area (Å²) >= 11 is 0. The molecule has 122 valence electrons. The Hall–Kier alpha value is -0.570. The zero-order valence-corrected chi connectivity index (χ0v) is 14.3. The highest BCUT2D eigenvalue weighted by Gasteiger charge is 2.27. The van der Waals surface area contributed by atoms with E-state index in [4.69, 9.17) is 0 Å². The molecule has 2 aliphatic heterocycles. The van der Waals surface area contributed by atoms with Crippen molar-refractivity contribution in [2.24, 2.45) is 11.8 Å². The maximum absolute atomic E-state index is 11.7. The molecule has 0 aromatic rings. The zero-order valence-electron chi connectivity index (χ0n) is 14.3. The van der Waals surface area contributed by atoms with Crippen LogP contribution in [0.4, 0.5) is 0 Å². The number of likely N-dealkylation sites (tertiary alicyclic amines) is 2. The highest BCUT2D eigenvalue weighted by molar-refractivity contribution is 5.75. The van der Waals surface area contributed by atoms with Crippen molar-refractivity contribution in [3.8, 4) is 0 Å². The van der Waals surface area contributed by atoms with E-state index in [1.54, 1.807) is 0 Å². The number of carbonyl (C=O) groups is 1. The predicted molar refractivity (Wildman–Crippen MR) is 88.3 cm³/mol. The van der Waals surface area contributed by atoms with Crippen molar-refractivity contribution in [3.63, 3.8) is 0 Å². The number of hydrogen-bond donors (Lipinski definition) is 0. The van der Waals surface area contributed by atoms with Gasteiger partial charge in [-0.15, -0.1) is 0 Å². The third-order valence-electron chi connectivity index (χ3n) is 5.80. The van der Waals surface area contributed by atoms with Gasteiger partial charge in [0.2, 0.25) is 5.91 Å². The molecule has 0 saturated carbocycles. The summed E-state index contributed by atoms with van der Waals surface area (Å²) in [7, 11) is 0. The van der Waals surface area contributed by atoms with E-state index in [9.17, 15) is 4.79 Å². The molecule has 2 aliphatic rings. The van der Waals surface area contributed by atoms with Crippen molar-refractivity contribution in [3.05, 3.63) is 0 Å². The van der Waals surface area contributed by atoms with Gasteiger partial charge in [0.05, 0.1) is 0 Å². The lowest BCUT2D eigenvalue weighted by atomic mass is 9.82. The molecule has 0 aromatic heterocycles. The summed E-state index contributed by atoms with van der Waals surface area (Å²) in [6, 6.07) is 0.759. The largest absolute Gasteiger partial charge is 0.343 e. The van der Waals surface area contributed by atoms with Gasteiger partial charge in [-0.1, -0.05) is 13.8 Å². The highest BCUT2D eigenvalue weighted by Crippen LogP contribution is 2.30. The average Bonchev–Trinajstić information content (AvgIpc) is 2.55. The SMILES string of the molecule is CCC(=O)N1CCC(CC2CCN(C(C)CC)CC2)CC1. The molecule has 1 unspecified atom stereocenters. The minimum absolute atomic E-state index is 0.343. The summed E-state index contributed by atoms with van der Waals surface area (Å²) in [6.07, 6.45) is 8.58. The molecule has 2 fully saturated rings. The number of piperidine rings is 2. The molecule has 3 nitrogen and oxygen atoms in total. The molecule has 0 N–H and O–H groups in total. The van der Waals surface area contributed by atoms with Crippen LogP contribution in [-0.4, -0.2) is 47.9 Å². The Morgan fingerprint density at radius 1 is 1.00 bits per heavy atom. The summed E-state index contributed by atoms with van der Waals surface area (Å²) < 4.78 is 0. The Labute approximate surface area is 131 Å². The van der Waals surface area contributed by atoms with E-state index < -0.39 is 0 Å². The van der Waals surface area contributed by atoms with Gasteiger partial charge in [0.1, 0.15) is 0 Å². The topological polar surface area (TPSA) is 23.6 Å². The van der Waals surface area contributed by atoms with Gasteiger partial charge in [-0.3, -0.25) is 4.79 Å². The first kappa shape index (κ1) is 16.8. The van der Waals surface area contributed by atoms with Gasteiger partial charge in [0.25, 0.3) is 0 Å². The van der Waals surface area contributed by atoms with Crippen molar-refractivity contribution >= 4 is 5.91 Å². The standard InChI is InChI=1S/C18H34N2O/c1-4-15(3)19-10-6-16(7-11-19)14-17-8-12-20(13-9-17)18(21)5-2/h15-17H,4-14H2,1-3H3. The van der Waals surface area contributed by atoms with Gasteiger partial charge in [-0.2, -0.15) is 0 Å². The monoisotopic (exact) mass is 294 g/mol. The Morgan fingerprint density at radius 3 is 2.00 bits per heavy atom. The second kappa shape index (κ2) is 8.17. The number of nitrogens with zero attached hydrogens (tertiary/aromatic N) is 2. The van der Waals surface area contributed by atoms with E-state index in [-0.39, 0.29) is 0 Å². The summed E-state index contributed by atoms with van der Waals surface area (Å²) in [5, 5.41) is 0. The quantitative estimate of drug-likeness (QED) is 0.774. The second-order valence-corrected chi connectivity index (χ2v) is 7.15. The van der Waals surface area contributed by atoms with Crippen LogP contribution in [0.3, 0.4) is 0 Å². The van der Waals surface area contributed by atoms with Gasteiger partial charge >= 0.3 is 0 Å². The van der Waals surface area contributed by atoms with Gasteiger partial charge < -0.3 is 9.80 Å². The van der Waals surface area contributed by atoms with Crippen molar-refractivity contribution in [2.45, 2.75) is 71.8 Å². The molecule has 1 amide bonds. The van der Waals surface area contributed by atoms with E-state index in [1.165, 1.54) is 51.6 Å². The maximum Gasteiger partial charge on any atom is 0.222 e. The summed E-state index contributed by atoms with van der Waals surface area (Å²) in [4.78, 5) is 16.4. The second-order valence-electron chi connectivity index (χ2n) is 7.15. The molecule has 0 bridgehead atoms. The van der Waals surface area contributed by atoms with Crippen LogP contribution >= 0.6 is 0 Å². The fraction of sp³-hybridized carbons (Fsp3) is 0.944. The summed E-state index contributed by atoms with van der Waals surface area (Å²) in [5.74, 6) is 2.14. The third kappa shape index (κ3) is 4.70. The minimum atomic E-state index is 0.343. The molecule has 0 aromatic carbocycles. The van der Waals surface area contributed by atoms with Crippen LogP contribution in [0.1, 0.15) is 65.7 Å². The van der Waals surface area contributed by atoms with Gasteiger partial charge in [-0.25, -0.2) is 0 Å². The molecule has 0 radical (unpaired) electrons. The van der Waals surface area contributed by atoms with E-state index in [0.717, 1.165) is 31.0 Å². The molecule has 2 rings (SSSR count). The number of hydrogen-bond acceptors (Lipinski definition) is 2. The average molecular weight is 294 g/mol. The van der Waals surface area contributed by atoms with Crippen LogP contribution in [0.2, 0.25) is 0 Å². The molecule has 0 aliphatic carbocycles. The van der Waals surface area contributed by atoms with Crippen molar-refractivity contribution in [1.29, 1.82) is 0 Å². The Morgan fingerprint density at radius 2 is 1.52 bits per heavy atom. The van der Waals surface area contributed by atoms with E-state index in [2.05, 4.69) is 23.6 Å². The first-order valence-corrected chi connectivity index (χ1v) is 9.15. The van der Waals surface area contributed by atoms with Gasteiger partial charge in [0.15, 0.2) is 0 Å². The summed E-state index contributed by atoms with van der Waals surface area (Å²) in [6.45, 7) is 11.2. The van der Waals surface area contributed by atoms with Crippen LogP contribution < -0.4 is 0 Å². The van der Waals surface area contributed by atoms with Crippen LogP contribution in [0.25, 0.3) is 0 Å². The lowest BCUT2D eigenvalue weighted by Crippen LogP contribution is -2.41. The fourth-order valence-corrected chi connectivity index (χ4v) is 4.00. The summed E-state index contributed by atoms with van der Waals surface area (Å²) in [5.41, 5.74) is 0. The van der Waals surface area contributed by atoms with E-state index in [1.807, 2.05) is 6.92 Å². The Balaban J connectivity index is 1.67. The molecule has 21 heavy (non-hydrogen) atoms. The van der Waals surface area contributed by atoms with E-state index >= 15 is 0 Å². The first-order valence-electron chi connectivity index (χ1n) is 9.15. The van der Waals surface area contributed by atoms with Crippen LogP contribution in [0.15, 0.2) is 0 Å². The van der Waals surface area contributed by atoms with Crippen LogP contribution in [-0.2, 0) is 4.79 Å². The first-order chi connectivity index (χ1) is 10.1. The third-order valence-corrected chi connectivity index (χ3v) is 5.80. The molecule has 3 heteroatoms. The van der Waals surface area contributed by atoms with Crippen LogP contribution in [0.5, 0.6) is 0 Å². The normalized spacial score (nSPS) is 24.2. The maximum atomic E-state index is 11.7. The van der Waals surface area contributed by atoms with Gasteiger partial charge in [0, 0.05) is 25.6 Å². The molecule has 1 atom stereocenters. The highest BCUT2D eigenvalue weighted by atomic mass is 16.2. The lowest BCUT2D eigenvalue weighted by Gasteiger charge is -2.38. The number of amides is 1. The Bertz CT molecular complexity index is 315. The molecule has 2 saturated heterocycles. The van der Waals surface area contributed by atoms with E-state index in [0.29, 0.717) is 12.3 Å². The molecular formula is C18H34N2O. The molecular weight excluding hydrogens is 260 g/mol. The van der Waals surface area contributed by atoms with Crippen LogP contribution in [0, 0.1) is 11.8 Å². The number of carbonyl (C=O) groups excluding carboxylic acids is 1. The minimum Gasteiger partial charge on any atom is -0.343 e. The molecule has 2 heterocycles. The fourth-order valence-electron chi connectivity index (χ4n) is 4.00. The molecule has 0 spiro atoms. The number of rotatable bonds is 5. The predicted octanol–water partition coefficient (Wildman–Crippen LogP) is 3.54. The zero-order chi connectivity index (χ0) is 15.2.